The summed E-state index contributed by atoms with van der Waals surface area (Å²) >= 11 is 6.03. The molecule has 0 aliphatic rings. The number of rotatable bonds is 3. The molecular weight excluding hydrogens is 389 g/mol. The Balaban J connectivity index is 1.82. The van der Waals surface area contributed by atoms with E-state index >= 15 is 0 Å². The van der Waals surface area contributed by atoms with Crippen molar-refractivity contribution >= 4 is 17.2 Å². The van der Waals surface area contributed by atoms with Crippen molar-refractivity contribution in [2.24, 2.45) is 0 Å². The van der Waals surface area contributed by atoms with Crippen LogP contribution in [0.5, 0.6) is 0 Å². The lowest BCUT2D eigenvalue weighted by atomic mass is 10.1. The van der Waals surface area contributed by atoms with E-state index in [0.29, 0.717) is 33.4 Å². The fourth-order valence-corrected chi connectivity index (χ4v) is 3.53. The first kappa shape index (κ1) is 17.6. The van der Waals surface area contributed by atoms with Gasteiger partial charge in [-0.05, 0) is 55.5 Å². The van der Waals surface area contributed by atoms with Gasteiger partial charge in [-0.25, -0.2) is 9.37 Å². The largest absolute Gasteiger partial charge is 0.296 e. The smallest absolute Gasteiger partial charge is 0.187 e. The van der Waals surface area contributed by atoms with Crippen molar-refractivity contribution in [3.8, 4) is 28.5 Å². The third kappa shape index (κ3) is 2.98. The van der Waals surface area contributed by atoms with Gasteiger partial charge in [0.2, 0.25) is 0 Å². The van der Waals surface area contributed by atoms with Gasteiger partial charge in [0.05, 0.1) is 0 Å². The van der Waals surface area contributed by atoms with Crippen LogP contribution in [0, 0.1) is 12.7 Å². The van der Waals surface area contributed by atoms with Crippen molar-refractivity contribution in [3.63, 3.8) is 0 Å². The van der Waals surface area contributed by atoms with Gasteiger partial charge in [-0.15, -0.1) is 10.2 Å². The molecule has 5 rings (SSSR count). The van der Waals surface area contributed by atoms with E-state index in [1.165, 1.54) is 6.07 Å². The predicted octanol–water partition coefficient (Wildman–Crippen LogP) is 5.35. The summed E-state index contributed by atoms with van der Waals surface area (Å²) in [7, 11) is 0. The van der Waals surface area contributed by atoms with Crippen LogP contribution in [0.15, 0.2) is 73.2 Å². The van der Waals surface area contributed by atoms with E-state index in [4.69, 9.17) is 16.6 Å². The predicted molar refractivity (Wildman–Crippen MR) is 111 cm³/mol. The second-order valence-electron chi connectivity index (χ2n) is 6.72. The number of aromatic nitrogens is 5. The van der Waals surface area contributed by atoms with E-state index in [2.05, 4.69) is 10.2 Å². The zero-order valence-corrected chi connectivity index (χ0v) is 16.2. The van der Waals surface area contributed by atoms with Gasteiger partial charge < -0.3 is 0 Å². The number of aryl methyl sites for hydroxylation is 1. The Morgan fingerprint density at radius 2 is 1.83 bits per heavy atom. The van der Waals surface area contributed by atoms with Crippen molar-refractivity contribution in [2.75, 3.05) is 0 Å². The molecule has 0 atom stereocenters. The highest BCUT2D eigenvalue weighted by atomic mass is 35.5. The lowest BCUT2D eigenvalue weighted by molar-refractivity contribution is 0.630. The van der Waals surface area contributed by atoms with E-state index in [9.17, 15) is 4.39 Å². The number of halogens is 2. The first-order valence-corrected chi connectivity index (χ1v) is 9.39. The maximum atomic E-state index is 14.8. The highest BCUT2D eigenvalue weighted by Crippen LogP contribution is 2.34. The molecule has 3 heterocycles. The molecule has 5 aromatic rings. The van der Waals surface area contributed by atoms with Crippen LogP contribution in [-0.4, -0.2) is 24.1 Å². The third-order valence-electron chi connectivity index (χ3n) is 4.77. The Hall–Kier alpha value is -3.51. The molecule has 0 N–H and O–H groups in total. The van der Waals surface area contributed by atoms with Crippen molar-refractivity contribution < 1.29 is 4.39 Å². The number of fused-ring (bicyclic) bond motifs is 1. The highest BCUT2D eigenvalue weighted by Gasteiger charge is 2.23. The topological polar surface area (TPSA) is 48.0 Å². The Labute approximate surface area is 171 Å². The molecule has 0 aliphatic heterocycles. The minimum absolute atomic E-state index is 0.335. The molecular formula is C22H15ClFN5. The van der Waals surface area contributed by atoms with E-state index in [1.807, 2.05) is 52.4 Å². The Morgan fingerprint density at radius 1 is 1.00 bits per heavy atom. The molecule has 7 heteroatoms. The lowest BCUT2D eigenvalue weighted by Crippen LogP contribution is -2.00. The van der Waals surface area contributed by atoms with Gasteiger partial charge in [0.25, 0.3) is 0 Å². The van der Waals surface area contributed by atoms with Crippen LogP contribution < -0.4 is 0 Å². The molecule has 0 fully saturated rings. The van der Waals surface area contributed by atoms with Crippen LogP contribution in [-0.2, 0) is 0 Å². The lowest BCUT2D eigenvalue weighted by Gasteiger charge is -2.09. The van der Waals surface area contributed by atoms with Gasteiger partial charge in [0, 0.05) is 22.5 Å². The molecule has 0 spiro atoms. The summed E-state index contributed by atoms with van der Waals surface area (Å²) in [6.07, 6.45) is 3.51. The summed E-state index contributed by atoms with van der Waals surface area (Å²) in [6, 6.07) is 18.0. The molecule has 0 radical (unpaired) electrons. The summed E-state index contributed by atoms with van der Waals surface area (Å²) in [5, 5.41) is 9.09. The Morgan fingerprint density at radius 3 is 2.66 bits per heavy atom. The van der Waals surface area contributed by atoms with Crippen LogP contribution in [0.25, 0.3) is 34.1 Å². The Kier molecular flexibility index (Phi) is 4.14. The number of nitrogens with zero attached hydrogens (tertiary/aromatic N) is 5. The van der Waals surface area contributed by atoms with Crippen LogP contribution in [0.1, 0.15) is 5.56 Å². The highest BCUT2D eigenvalue weighted by molar-refractivity contribution is 6.30. The molecule has 29 heavy (non-hydrogen) atoms. The normalized spacial score (nSPS) is 11.3. The average molecular weight is 404 g/mol. The van der Waals surface area contributed by atoms with Crippen LogP contribution >= 0.6 is 11.6 Å². The quantitative estimate of drug-likeness (QED) is 0.408. The molecule has 0 aliphatic carbocycles. The summed E-state index contributed by atoms with van der Waals surface area (Å²) in [5.74, 6) is 0.222. The minimum Gasteiger partial charge on any atom is -0.296 e. The number of benzene rings is 2. The summed E-state index contributed by atoms with van der Waals surface area (Å²) in [5.41, 5.74) is 4.09. The SMILES string of the molecule is Cc1ccc(F)c(-c2nc3ccccn3c2-c2nncn2-c2ccc(Cl)cc2)c1. The van der Waals surface area contributed by atoms with E-state index < -0.39 is 0 Å². The van der Waals surface area contributed by atoms with Gasteiger partial charge >= 0.3 is 0 Å². The maximum Gasteiger partial charge on any atom is 0.187 e. The standard InChI is InChI=1S/C22H15ClFN5/c1-14-5-10-18(24)17(12-14)20-21(28-11-3-2-4-19(28)26-20)22-27-25-13-29(22)16-8-6-15(23)7-9-16/h2-13H,1H3. The second kappa shape index (κ2) is 6.83. The van der Waals surface area contributed by atoms with Crippen molar-refractivity contribution in [1.82, 2.24) is 24.1 Å². The molecule has 0 saturated carbocycles. The zero-order valence-electron chi connectivity index (χ0n) is 15.4. The van der Waals surface area contributed by atoms with E-state index in [1.54, 1.807) is 30.6 Å². The first-order chi connectivity index (χ1) is 14.1. The van der Waals surface area contributed by atoms with Crippen LogP contribution in [0.4, 0.5) is 4.39 Å². The molecule has 142 valence electrons. The molecule has 0 amide bonds. The van der Waals surface area contributed by atoms with Gasteiger partial charge in [-0.1, -0.05) is 29.3 Å². The monoisotopic (exact) mass is 403 g/mol. The minimum atomic E-state index is -0.335. The van der Waals surface area contributed by atoms with Crippen LogP contribution in [0.3, 0.4) is 0 Å². The number of hydrogen-bond acceptors (Lipinski definition) is 3. The molecule has 0 unspecified atom stereocenters. The van der Waals surface area contributed by atoms with Crippen molar-refractivity contribution in [3.05, 3.63) is 89.6 Å². The van der Waals surface area contributed by atoms with Gasteiger partial charge in [0.1, 0.15) is 29.2 Å². The summed E-state index contributed by atoms with van der Waals surface area (Å²) in [4.78, 5) is 4.71. The number of hydrogen-bond donors (Lipinski definition) is 0. The van der Waals surface area contributed by atoms with E-state index in [-0.39, 0.29) is 5.82 Å². The second-order valence-corrected chi connectivity index (χ2v) is 7.16. The summed E-state index contributed by atoms with van der Waals surface area (Å²) < 4.78 is 18.5. The van der Waals surface area contributed by atoms with Crippen LogP contribution in [0.2, 0.25) is 5.02 Å². The summed E-state index contributed by atoms with van der Waals surface area (Å²) in [6.45, 7) is 1.93. The number of pyridine rings is 1. The van der Waals surface area contributed by atoms with Gasteiger partial charge in [-0.2, -0.15) is 0 Å². The van der Waals surface area contributed by atoms with Crippen molar-refractivity contribution in [2.45, 2.75) is 6.92 Å². The molecule has 2 aromatic carbocycles. The maximum absolute atomic E-state index is 14.8. The Bertz CT molecular complexity index is 1340. The molecule has 0 saturated heterocycles. The number of imidazole rings is 1. The van der Waals surface area contributed by atoms with E-state index in [0.717, 1.165) is 11.3 Å². The molecule has 5 nitrogen and oxygen atoms in total. The third-order valence-corrected chi connectivity index (χ3v) is 5.02. The average Bonchev–Trinajstić information content (AvgIpc) is 3.34. The fraction of sp³-hybridized carbons (Fsp3) is 0.0455. The fourth-order valence-electron chi connectivity index (χ4n) is 3.40. The molecule has 0 bridgehead atoms. The van der Waals surface area contributed by atoms with Gasteiger partial charge in [-0.3, -0.25) is 8.97 Å². The first-order valence-electron chi connectivity index (χ1n) is 9.02. The van der Waals surface area contributed by atoms with Crippen molar-refractivity contribution in [1.29, 1.82) is 0 Å². The zero-order chi connectivity index (χ0) is 20.0. The van der Waals surface area contributed by atoms with Gasteiger partial charge in [0.15, 0.2) is 5.82 Å². The molecule has 3 aromatic heterocycles.